The zero-order valence-corrected chi connectivity index (χ0v) is 7.35. The summed E-state index contributed by atoms with van der Waals surface area (Å²) in [5.74, 6) is -0.629. The number of aromatic carboxylic acids is 1. The van der Waals surface area contributed by atoms with Crippen LogP contribution in [0.25, 0.3) is 11.1 Å². The van der Waals surface area contributed by atoms with Crippen molar-refractivity contribution in [2.45, 2.75) is 0 Å². The number of carbonyl (C=O) groups is 1. The van der Waals surface area contributed by atoms with Gasteiger partial charge in [0.15, 0.2) is 17.5 Å². The van der Waals surface area contributed by atoms with Gasteiger partial charge >= 0.3 is 5.97 Å². The summed E-state index contributed by atoms with van der Waals surface area (Å²) in [6.45, 7) is 0. The van der Waals surface area contributed by atoms with Crippen LogP contribution >= 0.6 is 0 Å². The maximum atomic E-state index is 10.7. The summed E-state index contributed by atoms with van der Waals surface area (Å²) >= 11 is 0. The van der Waals surface area contributed by atoms with Crippen LogP contribution in [0.5, 0.6) is 5.75 Å². The van der Waals surface area contributed by atoms with E-state index in [2.05, 4.69) is 4.98 Å². The SMILES string of the molecule is COc1cc(C(=O)O)cc2ocnc12. The van der Waals surface area contributed by atoms with E-state index < -0.39 is 5.97 Å². The van der Waals surface area contributed by atoms with Crippen LogP contribution in [-0.2, 0) is 0 Å². The molecule has 1 N–H and O–H groups in total. The van der Waals surface area contributed by atoms with E-state index >= 15 is 0 Å². The smallest absolute Gasteiger partial charge is 0.335 e. The maximum Gasteiger partial charge on any atom is 0.335 e. The number of ether oxygens (including phenoxy) is 1. The number of carboxylic acids is 1. The van der Waals surface area contributed by atoms with Gasteiger partial charge in [-0.3, -0.25) is 0 Å². The van der Waals surface area contributed by atoms with Gasteiger partial charge in [0.1, 0.15) is 5.75 Å². The molecule has 0 unspecified atom stereocenters. The van der Waals surface area contributed by atoms with E-state index in [1.165, 1.54) is 25.6 Å². The van der Waals surface area contributed by atoms with Crippen molar-refractivity contribution in [1.29, 1.82) is 0 Å². The molecule has 0 aliphatic carbocycles. The van der Waals surface area contributed by atoms with E-state index in [9.17, 15) is 4.79 Å². The van der Waals surface area contributed by atoms with Crippen LogP contribution in [0.2, 0.25) is 0 Å². The van der Waals surface area contributed by atoms with Crippen LogP contribution < -0.4 is 4.74 Å². The van der Waals surface area contributed by atoms with Gasteiger partial charge in [0.2, 0.25) is 0 Å². The largest absolute Gasteiger partial charge is 0.494 e. The van der Waals surface area contributed by atoms with Crippen LogP contribution in [0.3, 0.4) is 0 Å². The standard InChI is InChI=1S/C9H7NO4/c1-13-6-2-5(9(11)12)3-7-8(6)10-4-14-7/h2-4H,1H3,(H,11,12). The number of benzene rings is 1. The molecule has 2 aromatic rings. The quantitative estimate of drug-likeness (QED) is 0.782. The molecule has 14 heavy (non-hydrogen) atoms. The molecule has 0 atom stereocenters. The Balaban J connectivity index is 2.73. The van der Waals surface area contributed by atoms with Gasteiger partial charge in [0, 0.05) is 0 Å². The molecule has 0 amide bonds. The fourth-order valence-electron chi connectivity index (χ4n) is 1.21. The molecule has 0 spiro atoms. The van der Waals surface area contributed by atoms with Crippen molar-refractivity contribution in [3.05, 3.63) is 24.1 Å². The predicted molar refractivity (Wildman–Crippen MR) is 47.5 cm³/mol. The third-order valence-electron chi connectivity index (χ3n) is 1.87. The zero-order chi connectivity index (χ0) is 10.1. The molecule has 0 saturated heterocycles. The second-order valence-electron chi connectivity index (χ2n) is 2.68. The Bertz CT molecular complexity index is 489. The summed E-state index contributed by atoms with van der Waals surface area (Å²) in [6.07, 6.45) is 1.25. The normalized spacial score (nSPS) is 10.4. The fraction of sp³-hybridized carbons (Fsp3) is 0.111. The topological polar surface area (TPSA) is 72.6 Å². The maximum absolute atomic E-state index is 10.7. The molecule has 0 saturated carbocycles. The lowest BCUT2D eigenvalue weighted by Crippen LogP contribution is -1.97. The predicted octanol–water partition coefficient (Wildman–Crippen LogP) is 1.53. The third-order valence-corrected chi connectivity index (χ3v) is 1.87. The molecule has 0 aliphatic rings. The van der Waals surface area contributed by atoms with Crippen LogP contribution in [0, 0.1) is 0 Å². The zero-order valence-electron chi connectivity index (χ0n) is 7.35. The third kappa shape index (κ3) is 1.19. The molecular weight excluding hydrogens is 186 g/mol. The Morgan fingerprint density at radius 2 is 2.36 bits per heavy atom. The minimum absolute atomic E-state index is 0.117. The van der Waals surface area contributed by atoms with Gasteiger partial charge < -0.3 is 14.3 Å². The minimum atomic E-state index is -1.03. The number of hydrogen-bond donors (Lipinski definition) is 1. The summed E-state index contributed by atoms with van der Waals surface area (Å²) < 4.78 is 9.99. The van der Waals surface area contributed by atoms with E-state index in [4.69, 9.17) is 14.3 Å². The number of methoxy groups -OCH3 is 1. The Hall–Kier alpha value is -2.04. The first kappa shape index (κ1) is 8.55. The monoisotopic (exact) mass is 193 g/mol. The van der Waals surface area contributed by atoms with Crippen molar-refractivity contribution in [1.82, 2.24) is 4.98 Å². The number of rotatable bonds is 2. The van der Waals surface area contributed by atoms with E-state index in [1.807, 2.05) is 0 Å². The van der Waals surface area contributed by atoms with Gasteiger partial charge in [-0.1, -0.05) is 0 Å². The first-order chi connectivity index (χ1) is 6.72. The summed E-state index contributed by atoms with van der Waals surface area (Å²) in [5.41, 5.74) is 1.05. The first-order valence-electron chi connectivity index (χ1n) is 3.87. The highest BCUT2D eigenvalue weighted by atomic mass is 16.5. The Labute approximate surface area is 78.9 Å². The number of carboxylic acid groups (broad SMARTS) is 1. The van der Waals surface area contributed by atoms with Crippen molar-refractivity contribution in [2.75, 3.05) is 7.11 Å². The fourth-order valence-corrected chi connectivity index (χ4v) is 1.21. The highest BCUT2D eigenvalue weighted by Gasteiger charge is 2.12. The first-order valence-corrected chi connectivity index (χ1v) is 3.87. The average molecular weight is 193 g/mol. The van der Waals surface area contributed by atoms with Crippen LogP contribution in [-0.4, -0.2) is 23.2 Å². The van der Waals surface area contributed by atoms with Gasteiger partial charge in [-0.15, -0.1) is 0 Å². The van der Waals surface area contributed by atoms with Crippen molar-refractivity contribution in [3.63, 3.8) is 0 Å². The molecular formula is C9H7NO4. The number of oxazole rings is 1. The lowest BCUT2D eigenvalue weighted by molar-refractivity contribution is 0.0696. The van der Waals surface area contributed by atoms with Gasteiger partial charge in [-0.25, -0.2) is 9.78 Å². The number of nitrogens with zero attached hydrogens (tertiary/aromatic N) is 1. The van der Waals surface area contributed by atoms with Crippen LogP contribution in [0.4, 0.5) is 0 Å². The van der Waals surface area contributed by atoms with Gasteiger partial charge in [-0.2, -0.15) is 0 Å². The molecule has 5 nitrogen and oxygen atoms in total. The average Bonchev–Trinajstić information content (AvgIpc) is 2.63. The van der Waals surface area contributed by atoms with Crippen LogP contribution in [0.15, 0.2) is 22.9 Å². The summed E-state index contributed by atoms with van der Waals surface area (Å²) in [7, 11) is 1.45. The van der Waals surface area contributed by atoms with Crippen molar-refractivity contribution < 1.29 is 19.1 Å². The highest BCUT2D eigenvalue weighted by molar-refractivity contribution is 5.94. The number of aromatic nitrogens is 1. The number of hydrogen-bond acceptors (Lipinski definition) is 4. The van der Waals surface area contributed by atoms with Crippen molar-refractivity contribution in [2.24, 2.45) is 0 Å². The molecule has 1 aromatic carbocycles. The molecule has 1 heterocycles. The molecule has 0 radical (unpaired) electrons. The van der Waals surface area contributed by atoms with Crippen LogP contribution in [0.1, 0.15) is 10.4 Å². The van der Waals surface area contributed by atoms with Crippen molar-refractivity contribution >= 4 is 17.1 Å². The minimum Gasteiger partial charge on any atom is -0.494 e. The molecule has 0 fully saturated rings. The summed E-state index contributed by atoms with van der Waals surface area (Å²) in [4.78, 5) is 14.6. The summed E-state index contributed by atoms with van der Waals surface area (Å²) in [5, 5.41) is 8.78. The van der Waals surface area contributed by atoms with E-state index in [1.54, 1.807) is 0 Å². The highest BCUT2D eigenvalue weighted by Crippen LogP contribution is 2.25. The van der Waals surface area contributed by atoms with E-state index in [0.29, 0.717) is 16.8 Å². The van der Waals surface area contributed by atoms with Gasteiger partial charge in [0.25, 0.3) is 0 Å². The molecule has 0 bridgehead atoms. The second kappa shape index (κ2) is 3.02. The van der Waals surface area contributed by atoms with Gasteiger partial charge in [-0.05, 0) is 12.1 Å². The van der Waals surface area contributed by atoms with E-state index in [-0.39, 0.29) is 5.56 Å². The molecule has 1 aromatic heterocycles. The lowest BCUT2D eigenvalue weighted by Gasteiger charge is -2.01. The molecule has 0 aliphatic heterocycles. The Morgan fingerprint density at radius 1 is 1.57 bits per heavy atom. The van der Waals surface area contributed by atoms with E-state index in [0.717, 1.165) is 0 Å². The van der Waals surface area contributed by atoms with Gasteiger partial charge in [0.05, 0.1) is 12.7 Å². The Morgan fingerprint density at radius 3 is 3.00 bits per heavy atom. The number of fused-ring (bicyclic) bond motifs is 1. The molecule has 5 heteroatoms. The Kier molecular flexibility index (Phi) is 1.85. The van der Waals surface area contributed by atoms with Crippen molar-refractivity contribution in [3.8, 4) is 5.75 Å². The molecule has 72 valence electrons. The lowest BCUT2D eigenvalue weighted by atomic mass is 10.2. The second-order valence-corrected chi connectivity index (χ2v) is 2.68. The molecule has 2 rings (SSSR count). The summed E-state index contributed by atoms with van der Waals surface area (Å²) in [6, 6.07) is 2.82.